The van der Waals surface area contributed by atoms with Gasteiger partial charge in [0, 0.05) is 53.1 Å². The minimum atomic E-state index is -1.37. The number of likely N-dealkylation sites (N-methyl/N-ethyl adjacent to an activating group) is 1. The van der Waals surface area contributed by atoms with Crippen LogP contribution in [0.1, 0.15) is 86.6 Å². The Labute approximate surface area is 331 Å². The zero-order valence-electron chi connectivity index (χ0n) is 33.7. The number of hydrazine groups is 1. The molecule has 0 saturated carbocycles. The lowest BCUT2D eigenvalue weighted by Gasteiger charge is -2.46. The van der Waals surface area contributed by atoms with Crippen molar-refractivity contribution in [2.24, 2.45) is 17.8 Å². The molecule has 1 aromatic carbocycles. The van der Waals surface area contributed by atoms with Gasteiger partial charge in [-0.1, -0.05) is 63.0 Å². The minimum absolute atomic E-state index is 0.126. The molecule has 12 atom stereocenters. The van der Waals surface area contributed by atoms with Crippen LogP contribution in [-0.2, 0) is 39.7 Å². The number of fused-ring (bicyclic) bond motifs is 1. The van der Waals surface area contributed by atoms with Crippen LogP contribution in [0.25, 0.3) is 0 Å². The number of cyclic esters (lactones) is 1. The molecule has 3 aliphatic heterocycles. The molecule has 12 nitrogen and oxygen atoms in total. The second-order valence-corrected chi connectivity index (χ2v) is 16.9. The summed E-state index contributed by atoms with van der Waals surface area (Å²) >= 11 is 12.5. The number of Topliss-reactive ketones (excluding diaryl/α,β-unsaturated/α-hetero) is 1. The van der Waals surface area contributed by atoms with Gasteiger partial charge in [-0.2, -0.15) is 0 Å². The van der Waals surface area contributed by atoms with Crippen molar-refractivity contribution in [3.63, 3.8) is 0 Å². The Morgan fingerprint density at radius 3 is 2.41 bits per heavy atom. The lowest BCUT2D eigenvalue weighted by Crippen LogP contribution is -2.60. The highest BCUT2D eigenvalue weighted by atomic mass is 35.5. The number of aryl methyl sites for hydroxylation is 1. The lowest BCUT2D eigenvalue weighted by atomic mass is 9.74. The van der Waals surface area contributed by atoms with Crippen molar-refractivity contribution in [3.8, 4) is 0 Å². The van der Waals surface area contributed by atoms with Crippen LogP contribution in [0.4, 0.5) is 4.79 Å². The van der Waals surface area contributed by atoms with Crippen LogP contribution in [0.3, 0.4) is 0 Å². The Hall–Kier alpha value is -2.29. The second kappa shape index (κ2) is 18.3. The Kier molecular flexibility index (Phi) is 15.1. The van der Waals surface area contributed by atoms with Crippen LogP contribution >= 0.6 is 23.2 Å². The molecule has 0 spiro atoms. The summed E-state index contributed by atoms with van der Waals surface area (Å²) < 4.78 is 31.3. The maximum absolute atomic E-state index is 14.6. The predicted octanol–water partition coefficient (Wildman–Crippen LogP) is 6.38. The fraction of sp³-hybridized carbons (Fsp3) is 0.725. The third kappa shape index (κ3) is 9.62. The van der Waals surface area contributed by atoms with Gasteiger partial charge in [0.2, 0.25) is 0 Å². The third-order valence-electron chi connectivity index (χ3n) is 11.6. The monoisotopic (exact) mass is 797 g/mol. The number of halogens is 2. The standard InChI is InChI=1S/C40H61Cl2N3O9/c1-12-31-40(8)34(45(38(49)54-40)43-17-13-14-27-15-16-28(41)20-29(27)42)26(6)32(46)24(4)21-39(7,50-11)35(22(2)18-23(3)36(48)52-31)53-37-33(47)30(44(9)10)19-25(5)51-37/h15-16,18,20,22,24-26,30-31,33-35,37,43,47H,12-14,17,19,21H2,1-11H3/b23-18+/t22-,24+,25+,26-,30-,31+,33+,34+,35+,37-,39+,40+/m0/s1. The van der Waals surface area contributed by atoms with E-state index in [1.807, 2.05) is 59.7 Å². The van der Waals surface area contributed by atoms with Gasteiger partial charge in [0.15, 0.2) is 11.9 Å². The summed E-state index contributed by atoms with van der Waals surface area (Å²) in [5.74, 6) is -2.50. The highest BCUT2D eigenvalue weighted by molar-refractivity contribution is 6.35. The van der Waals surface area contributed by atoms with Crippen LogP contribution in [0.2, 0.25) is 10.0 Å². The molecular weight excluding hydrogens is 737 g/mol. The van der Waals surface area contributed by atoms with Crippen LogP contribution in [-0.4, -0.2) is 115 Å². The summed E-state index contributed by atoms with van der Waals surface area (Å²) in [5, 5.41) is 13.9. The van der Waals surface area contributed by atoms with Crippen LogP contribution in [0, 0.1) is 17.8 Å². The molecule has 0 unspecified atom stereocenters. The average molecular weight is 799 g/mol. The van der Waals surface area contributed by atoms with Gasteiger partial charge in [-0.05, 0) is 91.6 Å². The minimum Gasteiger partial charge on any atom is -0.455 e. The second-order valence-electron chi connectivity index (χ2n) is 16.1. The number of nitrogens with one attached hydrogen (secondary N) is 1. The van der Waals surface area contributed by atoms with Crippen molar-refractivity contribution >= 4 is 41.0 Å². The Bertz CT molecular complexity index is 1530. The van der Waals surface area contributed by atoms with Gasteiger partial charge < -0.3 is 33.7 Å². The van der Waals surface area contributed by atoms with Crippen LogP contribution in [0.5, 0.6) is 0 Å². The van der Waals surface area contributed by atoms with Gasteiger partial charge in [-0.25, -0.2) is 20.0 Å². The quantitative estimate of drug-likeness (QED) is 0.202. The summed E-state index contributed by atoms with van der Waals surface area (Å²) in [5.41, 5.74) is 2.01. The molecule has 4 rings (SSSR count). The Balaban J connectivity index is 1.69. The van der Waals surface area contributed by atoms with Crippen LogP contribution in [0.15, 0.2) is 29.8 Å². The van der Waals surface area contributed by atoms with Gasteiger partial charge in [0.25, 0.3) is 0 Å². The molecule has 1 amide bonds. The summed E-state index contributed by atoms with van der Waals surface area (Å²) in [6, 6.07) is 4.30. The van der Waals surface area contributed by atoms with Gasteiger partial charge >= 0.3 is 12.1 Å². The van der Waals surface area contributed by atoms with E-state index < -0.39 is 71.7 Å². The van der Waals surface area contributed by atoms with E-state index in [4.69, 9.17) is 46.9 Å². The predicted molar refractivity (Wildman–Crippen MR) is 207 cm³/mol. The van der Waals surface area contributed by atoms with E-state index in [2.05, 4.69) is 5.43 Å². The Morgan fingerprint density at radius 2 is 1.80 bits per heavy atom. The van der Waals surface area contributed by atoms with Gasteiger partial charge in [-0.3, -0.25) is 4.79 Å². The summed E-state index contributed by atoms with van der Waals surface area (Å²) in [7, 11) is 5.38. The van der Waals surface area contributed by atoms with E-state index in [0.717, 1.165) is 5.56 Å². The molecule has 1 aromatic rings. The molecular formula is C40H61Cl2N3O9. The number of benzene rings is 1. The number of methoxy groups -OCH3 is 1. The fourth-order valence-electron chi connectivity index (χ4n) is 8.64. The molecule has 0 bridgehead atoms. The zero-order valence-corrected chi connectivity index (χ0v) is 35.2. The number of ether oxygens (including phenoxy) is 5. The molecule has 0 aromatic heterocycles. The number of nitrogens with zero attached hydrogens (tertiary/aromatic N) is 2. The smallest absolute Gasteiger partial charge is 0.425 e. The number of ketones is 1. The normalized spacial score (nSPS) is 38.0. The summed E-state index contributed by atoms with van der Waals surface area (Å²) in [6.45, 7) is 15.0. The van der Waals surface area contributed by atoms with Crippen molar-refractivity contribution in [3.05, 3.63) is 45.5 Å². The molecule has 3 aliphatic rings. The first-order chi connectivity index (χ1) is 25.3. The first kappa shape index (κ1) is 44.4. The van der Waals surface area contributed by atoms with E-state index in [0.29, 0.717) is 47.8 Å². The maximum Gasteiger partial charge on any atom is 0.425 e. The molecule has 14 heteroatoms. The number of carbonyl (C=O) groups excluding carboxylic acids is 3. The van der Waals surface area contributed by atoms with Gasteiger partial charge in [0.05, 0.1) is 17.8 Å². The average Bonchev–Trinajstić information content (AvgIpc) is 3.37. The van der Waals surface area contributed by atoms with Crippen molar-refractivity contribution in [1.82, 2.24) is 15.3 Å². The van der Waals surface area contributed by atoms with E-state index in [1.165, 1.54) is 5.01 Å². The van der Waals surface area contributed by atoms with E-state index in [-0.39, 0.29) is 24.3 Å². The number of hydrogen-bond donors (Lipinski definition) is 2. The highest BCUT2D eigenvalue weighted by Crippen LogP contribution is 2.42. The van der Waals surface area contributed by atoms with Crippen molar-refractivity contribution < 1.29 is 43.2 Å². The van der Waals surface area contributed by atoms with Crippen LogP contribution < -0.4 is 5.43 Å². The van der Waals surface area contributed by atoms with Crippen molar-refractivity contribution in [1.29, 1.82) is 0 Å². The van der Waals surface area contributed by atoms with Crippen molar-refractivity contribution in [2.75, 3.05) is 27.7 Å². The van der Waals surface area contributed by atoms with E-state index >= 15 is 0 Å². The van der Waals surface area contributed by atoms with Crippen molar-refractivity contribution in [2.45, 2.75) is 141 Å². The number of esters is 1. The first-order valence-corrected chi connectivity index (χ1v) is 19.9. The lowest BCUT2D eigenvalue weighted by molar-refractivity contribution is -0.294. The number of amides is 1. The molecule has 304 valence electrons. The maximum atomic E-state index is 14.6. The number of rotatable bonds is 10. The SMILES string of the molecule is CC[C@H]1OC(=O)/C(C)=C/[C@H](C)[C@@H](O[C@@H]2O[C@H](C)C[C@H](N(C)C)[C@H]2O)[C@](C)(OC)C[C@@H](C)C(=O)[C@H](C)[C@H]2N(NCCCc3ccc(Cl)cc3Cl)C(=O)O[C@]12C. The van der Waals surface area contributed by atoms with Gasteiger partial charge in [0.1, 0.15) is 24.0 Å². The fourth-order valence-corrected chi connectivity index (χ4v) is 9.14. The molecule has 2 fully saturated rings. The summed E-state index contributed by atoms with van der Waals surface area (Å²) in [4.78, 5) is 44.1. The molecule has 54 heavy (non-hydrogen) atoms. The molecule has 3 heterocycles. The largest absolute Gasteiger partial charge is 0.455 e. The third-order valence-corrected chi connectivity index (χ3v) is 12.2. The first-order valence-electron chi connectivity index (χ1n) is 19.1. The molecule has 2 saturated heterocycles. The molecule has 0 radical (unpaired) electrons. The number of aliphatic hydroxyl groups excluding tert-OH is 1. The molecule has 2 N–H and O–H groups in total. The molecule has 0 aliphatic carbocycles. The zero-order chi connectivity index (χ0) is 40.3. The summed E-state index contributed by atoms with van der Waals surface area (Å²) in [6.07, 6.45) is -0.263. The van der Waals surface area contributed by atoms with E-state index in [1.54, 1.807) is 46.1 Å². The Morgan fingerprint density at radius 1 is 1.11 bits per heavy atom. The highest BCUT2D eigenvalue weighted by Gasteiger charge is 2.60. The number of aliphatic hydroxyl groups is 1. The topological polar surface area (TPSA) is 136 Å². The van der Waals surface area contributed by atoms with Gasteiger partial charge in [-0.15, -0.1) is 0 Å². The number of hydrogen-bond acceptors (Lipinski definition) is 11. The number of carbonyl (C=O) groups is 3. The van der Waals surface area contributed by atoms with E-state index in [9.17, 15) is 19.5 Å².